The molecule has 1 aromatic heterocycles. The average Bonchev–Trinajstić information content (AvgIpc) is 3.78. The summed E-state index contributed by atoms with van der Waals surface area (Å²) in [4.78, 5) is 117. The minimum atomic E-state index is -1.27. The van der Waals surface area contributed by atoms with Crippen molar-refractivity contribution in [3.05, 3.63) is 71.9 Å². The van der Waals surface area contributed by atoms with Gasteiger partial charge in [0.2, 0.25) is 47.3 Å². The number of nitrogens with two attached hydrogens (primary N) is 3. The Bertz CT molecular complexity index is 2330. The predicted molar refractivity (Wildman–Crippen MR) is 279 cm³/mol. The van der Waals surface area contributed by atoms with Crippen LogP contribution in [0.25, 0.3) is 10.9 Å². The number of hydrogen-bond donors (Lipinski definition) is 11. The maximum Gasteiger partial charge on any atom is 0.243 e. The molecule has 2 heterocycles. The van der Waals surface area contributed by atoms with E-state index < -0.39 is 65.7 Å². The number of para-hydroxylation sites is 1. The molecule has 2 aromatic carbocycles. The monoisotopic (exact) mass is 1010 g/mol. The molecule has 14 N–H and O–H groups in total. The predicted octanol–water partition coefficient (Wildman–Crippen LogP) is 2.28. The molecule has 0 spiro atoms. The van der Waals surface area contributed by atoms with Crippen molar-refractivity contribution in [2.45, 2.75) is 159 Å². The number of hydrogen-bond acceptors (Lipinski definition) is 9. The molecule has 0 unspecified atom stereocenters. The smallest absolute Gasteiger partial charge is 0.243 e. The van der Waals surface area contributed by atoms with E-state index in [-0.39, 0.29) is 94.7 Å². The van der Waals surface area contributed by atoms with E-state index in [0.717, 1.165) is 55.0 Å². The van der Waals surface area contributed by atoms with Crippen molar-refractivity contribution in [1.82, 2.24) is 42.2 Å². The molecule has 20 heteroatoms. The molecule has 1 saturated carbocycles. The molecule has 5 rings (SSSR count). The number of carbonyl (C=O) groups is 8. The minimum Gasteiger partial charge on any atom is -0.370 e. The van der Waals surface area contributed by atoms with Gasteiger partial charge in [0.15, 0.2) is 5.96 Å². The number of aromatic amines is 1. The zero-order valence-electron chi connectivity index (χ0n) is 42.3. The summed E-state index contributed by atoms with van der Waals surface area (Å²) in [6.45, 7) is 2.52. The van der Waals surface area contributed by atoms with Crippen LogP contribution in [0, 0.1) is 11.8 Å². The zero-order valence-corrected chi connectivity index (χ0v) is 42.3. The van der Waals surface area contributed by atoms with E-state index in [1.807, 2.05) is 61.5 Å². The van der Waals surface area contributed by atoms with Gasteiger partial charge in [-0.1, -0.05) is 94.0 Å². The summed E-state index contributed by atoms with van der Waals surface area (Å²) >= 11 is 0. The Hall–Kier alpha value is -6.99. The molecule has 73 heavy (non-hydrogen) atoms. The van der Waals surface area contributed by atoms with Crippen LogP contribution in [-0.4, -0.2) is 108 Å². The van der Waals surface area contributed by atoms with Crippen LogP contribution in [0.1, 0.15) is 127 Å². The van der Waals surface area contributed by atoms with Gasteiger partial charge in [-0.15, -0.1) is 0 Å². The molecule has 2 aliphatic rings. The zero-order chi connectivity index (χ0) is 52.5. The van der Waals surface area contributed by atoms with Crippen LogP contribution >= 0.6 is 0 Å². The first-order valence-electron chi connectivity index (χ1n) is 26.2. The summed E-state index contributed by atoms with van der Waals surface area (Å²) in [5.41, 5.74) is 19.3. The number of benzene rings is 2. The van der Waals surface area contributed by atoms with Gasteiger partial charge >= 0.3 is 0 Å². The van der Waals surface area contributed by atoms with Gasteiger partial charge < -0.3 is 59.4 Å². The summed E-state index contributed by atoms with van der Waals surface area (Å²) in [6, 6.07) is 10.7. The maximum atomic E-state index is 14.6. The minimum absolute atomic E-state index is 0.0135. The van der Waals surface area contributed by atoms with Crippen molar-refractivity contribution in [3.8, 4) is 0 Å². The van der Waals surface area contributed by atoms with Crippen molar-refractivity contribution >= 4 is 64.1 Å². The topological polar surface area (TPSA) is 327 Å². The second-order valence-electron chi connectivity index (χ2n) is 19.5. The van der Waals surface area contributed by atoms with Gasteiger partial charge in [-0.05, 0) is 80.4 Å². The van der Waals surface area contributed by atoms with Gasteiger partial charge in [-0.3, -0.25) is 43.3 Å². The van der Waals surface area contributed by atoms with Crippen LogP contribution in [0.3, 0.4) is 0 Å². The standard InChI is InChI=1S/C53H78N12O8/c1-2-3-23-45(66)62-44-32-47(68)57-27-13-12-21-40(48(54)69)63-52(73)43(31-37-33-60-39-20-11-10-19-38(37)39)65-50(71)41(22-14-28-59-53(55)56)64-51(72)42(30-34-15-6-4-7-16-34)61-46(67)25-24-36(26-29-58-49(44)70)35-17-8-5-9-18-35/h4,6-7,10-11,15-16,19-20,33,35-36,40-44,60H,2-3,5,8-9,12-14,17-18,21-32H2,1H3,(H2,54,69)(H,57,68)(H,58,70)(H,61,67)(H,62,66)(H,63,73)(H,64,72)(H,65,71)(H4,55,56,59)/t36-,40-,41-,42+,43-,44-/m0/s1. The Morgan fingerprint density at radius 1 is 0.658 bits per heavy atom. The molecule has 1 saturated heterocycles. The number of amides is 8. The molecule has 0 radical (unpaired) electrons. The van der Waals surface area contributed by atoms with Crippen molar-refractivity contribution in [3.63, 3.8) is 0 Å². The molecular formula is C53H78N12O8. The first kappa shape index (κ1) is 56.9. The third-order valence-electron chi connectivity index (χ3n) is 13.8. The number of H-pyrrole nitrogens is 1. The largest absolute Gasteiger partial charge is 0.370 e. The van der Waals surface area contributed by atoms with E-state index in [2.05, 4.69) is 47.2 Å². The Labute approximate surface area is 428 Å². The van der Waals surface area contributed by atoms with Crippen LogP contribution in [0.15, 0.2) is 65.8 Å². The molecule has 8 amide bonds. The van der Waals surface area contributed by atoms with Gasteiger partial charge in [0.25, 0.3) is 0 Å². The first-order valence-corrected chi connectivity index (χ1v) is 26.2. The van der Waals surface area contributed by atoms with Crippen LogP contribution in [-0.2, 0) is 51.2 Å². The molecular weight excluding hydrogens is 933 g/mol. The molecule has 20 nitrogen and oxygen atoms in total. The number of guanidine groups is 1. The van der Waals surface area contributed by atoms with Gasteiger partial charge in [0.05, 0.1) is 6.42 Å². The van der Waals surface area contributed by atoms with E-state index in [9.17, 15) is 38.4 Å². The fraction of sp³-hybridized carbons (Fsp3) is 0.566. The number of rotatable bonds is 14. The van der Waals surface area contributed by atoms with Crippen LogP contribution in [0.5, 0.6) is 0 Å². The van der Waals surface area contributed by atoms with Crippen LogP contribution < -0.4 is 54.4 Å². The number of nitrogens with one attached hydrogen (secondary N) is 8. The van der Waals surface area contributed by atoms with E-state index in [1.165, 1.54) is 0 Å². The van der Waals surface area contributed by atoms with Crippen molar-refractivity contribution in [2.24, 2.45) is 34.0 Å². The Balaban J connectivity index is 1.46. The first-order chi connectivity index (χ1) is 35.2. The van der Waals surface area contributed by atoms with Gasteiger partial charge in [0.1, 0.15) is 30.2 Å². The highest BCUT2D eigenvalue weighted by molar-refractivity contribution is 5.96. The maximum absolute atomic E-state index is 14.6. The number of nitrogens with zero attached hydrogens (tertiary/aromatic N) is 1. The summed E-state index contributed by atoms with van der Waals surface area (Å²) in [5.74, 6) is -4.27. The highest BCUT2D eigenvalue weighted by atomic mass is 16.2. The summed E-state index contributed by atoms with van der Waals surface area (Å²) in [6.07, 6.45) is 10.6. The summed E-state index contributed by atoms with van der Waals surface area (Å²) in [5, 5.41) is 20.7. The Morgan fingerprint density at radius 2 is 1.33 bits per heavy atom. The number of primary amides is 1. The quantitative estimate of drug-likeness (QED) is 0.0636. The molecule has 0 bridgehead atoms. The number of aromatic nitrogens is 1. The fourth-order valence-electron chi connectivity index (χ4n) is 9.74. The van der Waals surface area contributed by atoms with E-state index in [0.29, 0.717) is 43.6 Å². The molecule has 6 atom stereocenters. The number of unbranched alkanes of at least 4 members (excludes halogenated alkanes) is 1. The molecule has 1 aliphatic carbocycles. The van der Waals surface area contributed by atoms with Gasteiger partial charge in [-0.2, -0.15) is 0 Å². The molecule has 3 aromatic rings. The van der Waals surface area contributed by atoms with Crippen LogP contribution in [0.2, 0.25) is 0 Å². The number of fused-ring (bicyclic) bond motifs is 1. The Morgan fingerprint density at radius 3 is 2.07 bits per heavy atom. The lowest BCUT2D eigenvalue weighted by molar-refractivity contribution is -0.134. The highest BCUT2D eigenvalue weighted by Crippen LogP contribution is 2.34. The summed E-state index contributed by atoms with van der Waals surface area (Å²) < 4.78 is 0. The molecule has 2 fully saturated rings. The lowest BCUT2D eigenvalue weighted by Gasteiger charge is -2.31. The normalized spacial score (nSPS) is 23.3. The van der Waals surface area contributed by atoms with E-state index >= 15 is 0 Å². The van der Waals surface area contributed by atoms with Crippen molar-refractivity contribution in [2.75, 3.05) is 19.6 Å². The second kappa shape index (κ2) is 30.1. The van der Waals surface area contributed by atoms with E-state index in [4.69, 9.17) is 17.2 Å². The molecule has 398 valence electrons. The SMILES string of the molecule is CCCCC(=O)N[C@H]1CC(=O)NCCCC[C@@H](C(N)=O)NC(=O)[C@H](Cc2c[nH]c3ccccc23)NC(=O)[C@H](CCCN=C(N)N)NC(=O)[C@@H](Cc2ccccc2)NC(=O)CC[C@H](C2CCCCC2)CCNC1=O. The third kappa shape index (κ3) is 19.5. The van der Waals surface area contributed by atoms with Crippen molar-refractivity contribution in [1.29, 1.82) is 0 Å². The van der Waals surface area contributed by atoms with E-state index in [1.54, 1.807) is 6.20 Å². The number of aliphatic imine (C=N–C) groups is 1. The lowest BCUT2D eigenvalue weighted by atomic mass is 9.76. The van der Waals surface area contributed by atoms with Crippen molar-refractivity contribution < 1.29 is 38.4 Å². The van der Waals surface area contributed by atoms with Gasteiger partial charge in [0, 0.05) is 62.4 Å². The fourth-order valence-corrected chi connectivity index (χ4v) is 9.74. The highest BCUT2D eigenvalue weighted by Gasteiger charge is 2.33. The van der Waals surface area contributed by atoms with Crippen LogP contribution in [0.4, 0.5) is 0 Å². The second-order valence-corrected chi connectivity index (χ2v) is 19.5. The summed E-state index contributed by atoms with van der Waals surface area (Å²) in [7, 11) is 0. The number of carbonyl (C=O) groups excluding carboxylic acids is 8. The average molecular weight is 1010 g/mol. The molecule has 1 aliphatic heterocycles. The van der Waals surface area contributed by atoms with Gasteiger partial charge in [-0.25, -0.2) is 0 Å². The third-order valence-corrected chi connectivity index (χ3v) is 13.8. The lowest BCUT2D eigenvalue weighted by Crippen LogP contribution is -2.58. The Kier molecular flexibility index (Phi) is 23.5.